The number of nitrogens with one attached hydrogen (secondary N) is 3. The Bertz CT molecular complexity index is 206. The summed E-state index contributed by atoms with van der Waals surface area (Å²) in [5.74, 6) is 0.751. The highest BCUT2D eigenvalue weighted by Crippen LogP contribution is 1.82. The van der Waals surface area contributed by atoms with E-state index < -0.39 is 0 Å². The molecule has 0 radical (unpaired) electrons. The van der Waals surface area contributed by atoms with Gasteiger partial charge in [-0.2, -0.15) is 0 Å². The van der Waals surface area contributed by atoms with Crippen molar-refractivity contribution < 1.29 is 4.79 Å². The Kier molecular flexibility index (Phi) is 11.3. The normalized spacial score (nSPS) is 10.6. The first kappa shape index (κ1) is 16.9. The minimum Gasteiger partial charge on any atom is -0.359 e. The van der Waals surface area contributed by atoms with E-state index in [9.17, 15) is 4.79 Å². The van der Waals surface area contributed by atoms with Crippen molar-refractivity contribution in [1.82, 2.24) is 16.0 Å². The number of guanidine groups is 1. The van der Waals surface area contributed by atoms with Crippen LogP contribution in [-0.4, -0.2) is 38.5 Å². The Hall–Kier alpha value is -0.530. The number of rotatable bonds is 4. The lowest BCUT2D eigenvalue weighted by Gasteiger charge is -2.10. The zero-order valence-corrected chi connectivity index (χ0v) is 12.1. The maximum atomic E-state index is 11.2. The Morgan fingerprint density at radius 2 is 2.00 bits per heavy atom. The van der Waals surface area contributed by atoms with Crippen molar-refractivity contribution in [1.29, 1.82) is 0 Å². The van der Waals surface area contributed by atoms with Gasteiger partial charge in [-0.25, -0.2) is 0 Å². The van der Waals surface area contributed by atoms with E-state index >= 15 is 0 Å². The number of hydrogen-bond acceptors (Lipinski definition) is 2. The number of carbonyl (C=O) groups excluding carboxylic acids is 1. The van der Waals surface area contributed by atoms with Gasteiger partial charge in [0.05, 0.1) is 0 Å². The molecule has 0 rings (SSSR count). The number of halogens is 1. The summed E-state index contributed by atoms with van der Waals surface area (Å²) in [7, 11) is 3.47. The van der Waals surface area contributed by atoms with Gasteiger partial charge in [-0.1, -0.05) is 0 Å². The molecular formula is C9H21IN4O. The van der Waals surface area contributed by atoms with Crippen LogP contribution in [-0.2, 0) is 4.79 Å². The van der Waals surface area contributed by atoms with E-state index in [0.717, 1.165) is 0 Å². The summed E-state index contributed by atoms with van der Waals surface area (Å²) in [5, 5.41) is 8.69. The van der Waals surface area contributed by atoms with Crippen molar-refractivity contribution in [2.75, 3.05) is 20.6 Å². The highest BCUT2D eigenvalue weighted by Gasteiger charge is 2.02. The molecule has 0 fully saturated rings. The second kappa shape index (κ2) is 10.0. The third-order valence-electron chi connectivity index (χ3n) is 1.55. The van der Waals surface area contributed by atoms with Gasteiger partial charge in [0.2, 0.25) is 5.91 Å². The summed E-state index contributed by atoms with van der Waals surface area (Å²) < 4.78 is 0. The quantitative estimate of drug-likeness (QED) is 0.395. The van der Waals surface area contributed by atoms with Crippen LogP contribution < -0.4 is 16.0 Å². The van der Waals surface area contributed by atoms with Crippen LogP contribution >= 0.6 is 24.0 Å². The molecule has 0 heterocycles. The summed E-state index contributed by atoms with van der Waals surface area (Å²) in [5.41, 5.74) is 0. The molecule has 0 spiro atoms. The molecular weight excluding hydrogens is 307 g/mol. The largest absolute Gasteiger partial charge is 0.359 e. The van der Waals surface area contributed by atoms with E-state index in [4.69, 9.17) is 0 Å². The summed E-state index contributed by atoms with van der Waals surface area (Å²) >= 11 is 0. The minimum absolute atomic E-state index is 0. The van der Waals surface area contributed by atoms with Crippen LogP contribution in [0.4, 0.5) is 0 Å². The van der Waals surface area contributed by atoms with Crippen LogP contribution in [0.25, 0.3) is 0 Å². The van der Waals surface area contributed by atoms with Crippen molar-refractivity contribution in [3.8, 4) is 0 Å². The fourth-order valence-corrected chi connectivity index (χ4v) is 0.968. The first-order chi connectivity index (χ1) is 6.60. The molecule has 6 heteroatoms. The predicted molar refractivity (Wildman–Crippen MR) is 73.7 cm³/mol. The van der Waals surface area contributed by atoms with E-state index in [0.29, 0.717) is 18.9 Å². The zero-order valence-electron chi connectivity index (χ0n) is 9.76. The molecule has 0 aliphatic rings. The topological polar surface area (TPSA) is 65.5 Å². The monoisotopic (exact) mass is 328 g/mol. The van der Waals surface area contributed by atoms with Gasteiger partial charge >= 0.3 is 0 Å². The second-order valence-corrected chi connectivity index (χ2v) is 3.22. The van der Waals surface area contributed by atoms with Gasteiger partial charge in [-0.3, -0.25) is 9.79 Å². The summed E-state index contributed by atoms with van der Waals surface area (Å²) in [6, 6.07) is 0.200. The van der Waals surface area contributed by atoms with Crippen molar-refractivity contribution >= 4 is 35.8 Å². The minimum atomic E-state index is 0. The first-order valence-corrected chi connectivity index (χ1v) is 4.78. The van der Waals surface area contributed by atoms with E-state index in [1.165, 1.54) is 0 Å². The van der Waals surface area contributed by atoms with Gasteiger partial charge in [0.15, 0.2) is 5.96 Å². The lowest BCUT2D eigenvalue weighted by atomic mass is 10.3. The smallest absolute Gasteiger partial charge is 0.221 e. The molecule has 0 aliphatic heterocycles. The zero-order chi connectivity index (χ0) is 11.0. The van der Waals surface area contributed by atoms with Crippen molar-refractivity contribution in [3.05, 3.63) is 0 Å². The molecule has 0 saturated carbocycles. The van der Waals surface area contributed by atoms with Gasteiger partial charge in [-0.05, 0) is 13.8 Å². The molecule has 1 amide bonds. The van der Waals surface area contributed by atoms with Crippen molar-refractivity contribution in [2.24, 2.45) is 4.99 Å². The lowest BCUT2D eigenvalue weighted by molar-refractivity contribution is -0.121. The average Bonchev–Trinajstić information content (AvgIpc) is 2.11. The van der Waals surface area contributed by atoms with Gasteiger partial charge in [0.25, 0.3) is 0 Å². The highest BCUT2D eigenvalue weighted by molar-refractivity contribution is 14.0. The second-order valence-electron chi connectivity index (χ2n) is 3.22. The highest BCUT2D eigenvalue weighted by atomic mass is 127. The van der Waals surface area contributed by atoms with Crippen LogP contribution in [0, 0.1) is 0 Å². The fraction of sp³-hybridized carbons (Fsp3) is 0.778. The van der Waals surface area contributed by atoms with E-state index in [1.54, 1.807) is 14.1 Å². The third-order valence-corrected chi connectivity index (χ3v) is 1.55. The third kappa shape index (κ3) is 9.77. The van der Waals surface area contributed by atoms with Gasteiger partial charge in [0.1, 0.15) is 0 Å². The lowest BCUT2D eigenvalue weighted by Crippen LogP contribution is -2.38. The summed E-state index contributed by atoms with van der Waals surface area (Å²) in [4.78, 5) is 15.1. The Morgan fingerprint density at radius 1 is 1.40 bits per heavy atom. The van der Waals surface area contributed by atoms with E-state index in [-0.39, 0.29) is 35.9 Å². The van der Waals surface area contributed by atoms with Crippen LogP contribution in [0.15, 0.2) is 4.99 Å². The first-order valence-electron chi connectivity index (χ1n) is 4.78. The van der Waals surface area contributed by atoms with Crippen LogP contribution in [0.2, 0.25) is 0 Å². The average molecular weight is 328 g/mol. The fourth-order valence-electron chi connectivity index (χ4n) is 0.968. The maximum absolute atomic E-state index is 11.2. The molecule has 0 aliphatic carbocycles. The predicted octanol–water partition coefficient (Wildman–Crippen LogP) is 0.314. The molecule has 0 unspecified atom stereocenters. The molecule has 5 nitrogen and oxygen atoms in total. The molecule has 0 aromatic heterocycles. The van der Waals surface area contributed by atoms with E-state index in [1.807, 2.05) is 13.8 Å². The summed E-state index contributed by atoms with van der Waals surface area (Å²) in [6.07, 6.45) is 0.457. The van der Waals surface area contributed by atoms with Crippen LogP contribution in [0.5, 0.6) is 0 Å². The van der Waals surface area contributed by atoms with Gasteiger partial charge in [0, 0.05) is 33.1 Å². The number of carbonyl (C=O) groups is 1. The molecule has 0 aromatic rings. The Balaban J connectivity index is 0. The van der Waals surface area contributed by atoms with Crippen molar-refractivity contribution in [3.63, 3.8) is 0 Å². The van der Waals surface area contributed by atoms with E-state index in [2.05, 4.69) is 20.9 Å². The number of amides is 1. The molecule has 90 valence electrons. The van der Waals surface area contributed by atoms with Crippen molar-refractivity contribution in [2.45, 2.75) is 26.3 Å². The molecule has 0 bridgehead atoms. The SMILES string of the molecule is CN=C(NC)NCCC(=O)NC(C)C.I. The molecule has 0 atom stereocenters. The standard InChI is InChI=1S/C9H20N4O.HI/c1-7(2)13-8(14)5-6-12-9(10-3)11-4;/h7H,5-6H2,1-4H3,(H,13,14)(H2,10,11,12);1H. The molecule has 3 N–H and O–H groups in total. The van der Waals surface area contributed by atoms with Gasteiger partial charge < -0.3 is 16.0 Å². The molecule has 15 heavy (non-hydrogen) atoms. The van der Waals surface area contributed by atoms with Gasteiger partial charge in [-0.15, -0.1) is 24.0 Å². The van der Waals surface area contributed by atoms with Crippen LogP contribution in [0.1, 0.15) is 20.3 Å². The Morgan fingerprint density at radius 3 is 2.40 bits per heavy atom. The molecule has 0 saturated heterocycles. The number of hydrogen-bond donors (Lipinski definition) is 3. The summed E-state index contributed by atoms with van der Waals surface area (Å²) in [6.45, 7) is 4.47. The molecule has 0 aromatic carbocycles. The van der Waals surface area contributed by atoms with Crippen LogP contribution in [0.3, 0.4) is 0 Å². The number of nitrogens with zero attached hydrogens (tertiary/aromatic N) is 1. The maximum Gasteiger partial charge on any atom is 0.221 e. The number of aliphatic imine (C=N–C) groups is 1. The Labute approximate surface area is 109 Å².